The molecular weight excluding hydrogens is 374 g/mol. The highest BCUT2D eigenvalue weighted by atomic mass is 16.5. The zero-order valence-corrected chi connectivity index (χ0v) is 18.8. The summed E-state index contributed by atoms with van der Waals surface area (Å²) in [5, 5.41) is 10.9. The molecule has 1 aliphatic heterocycles. The van der Waals surface area contributed by atoms with Crippen LogP contribution in [0.25, 0.3) is 0 Å². The van der Waals surface area contributed by atoms with Gasteiger partial charge in [-0.2, -0.15) is 0 Å². The van der Waals surface area contributed by atoms with Gasteiger partial charge < -0.3 is 15.2 Å². The van der Waals surface area contributed by atoms with Crippen LogP contribution >= 0.6 is 0 Å². The predicted molar refractivity (Wildman–Crippen MR) is 122 cm³/mol. The molecule has 1 aliphatic rings. The van der Waals surface area contributed by atoms with Gasteiger partial charge in [-0.15, -0.1) is 0 Å². The maximum atomic E-state index is 5.51. The van der Waals surface area contributed by atoms with Gasteiger partial charge in [-0.05, 0) is 56.8 Å². The first kappa shape index (κ1) is 22.3. The van der Waals surface area contributed by atoms with Gasteiger partial charge >= 0.3 is 0 Å². The number of hydrogen-bond acceptors (Lipinski definition) is 4. The van der Waals surface area contributed by atoms with Crippen LogP contribution in [-0.4, -0.2) is 35.7 Å². The molecule has 0 atom stereocenters. The van der Waals surface area contributed by atoms with Gasteiger partial charge in [-0.3, -0.25) is 4.90 Å². The highest BCUT2D eigenvalue weighted by Gasteiger charge is 2.13. The van der Waals surface area contributed by atoms with Crippen LogP contribution in [0.4, 0.5) is 0 Å². The molecule has 0 radical (unpaired) electrons. The molecule has 2 heterocycles. The molecule has 1 aromatic carbocycles. The molecule has 0 unspecified atom stereocenters. The summed E-state index contributed by atoms with van der Waals surface area (Å²) in [5.74, 6) is 2.10. The van der Waals surface area contributed by atoms with Crippen molar-refractivity contribution < 1.29 is 4.52 Å². The van der Waals surface area contributed by atoms with E-state index in [0.717, 1.165) is 43.3 Å². The van der Waals surface area contributed by atoms with E-state index in [0.29, 0.717) is 19.0 Å². The normalized spacial score (nSPS) is 15.1. The molecule has 1 fully saturated rings. The van der Waals surface area contributed by atoms with Crippen molar-refractivity contribution in [2.24, 2.45) is 4.99 Å². The molecule has 0 bridgehead atoms. The first-order valence-corrected chi connectivity index (χ1v) is 11.5. The van der Waals surface area contributed by atoms with Crippen molar-refractivity contribution in [3.05, 3.63) is 52.9 Å². The molecule has 1 saturated heterocycles. The molecule has 6 nitrogen and oxygen atoms in total. The second-order valence-corrected chi connectivity index (χ2v) is 8.08. The lowest BCUT2D eigenvalue weighted by Crippen LogP contribution is -2.36. The van der Waals surface area contributed by atoms with Crippen LogP contribution in [-0.2, 0) is 19.6 Å². The highest BCUT2D eigenvalue weighted by Crippen LogP contribution is 2.22. The van der Waals surface area contributed by atoms with Gasteiger partial charge in [0, 0.05) is 25.1 Å². The minimum atomic E-state index is 0.470. The van der Waals surface area contributed by atoms with E-state index in [1.54, 1.807) is 0 Å². The number of likely N-dealkylation sites (tertiary alicyclic amines) is 1. The van der Waals surface area contributed by atoms with E-state index in [4.69, 9.17) is 9.52 Å². The molecule has 30 heavy (non-hydrogen) atoms. The molecule has 2 N–H and O–H groups in total. The summed E-state index contributed by atoms with van der Waals surface area (Å²) in [4.78, 5) is 7.25. The highest BCUT2D eigenvalue weighted by molar-refractivity contribution is 5.79. The summed E-state index contributed by atoms with van der Waals surface area (Å²) in [7, 11) is 0. The Bertz CT molecular complexity index is 773. The molecule has 0 amide bonds. The second-order valence-electron chi connectivity index (χ2n) is 8.08. The summed E-state index contributed by atoms with van der Waals surface area (Å²) in [6.07, 6.45) is 4.83. The van der Waals surface area contributed by atoms with Crippen LogP contribution in [0.2, 0.25) is 0 Å². The average Bonchev–Trinajstić information content (AvgIpc) is 3.44. The Morgan fingerprint density at radius 3 is 2.43 bits per heavy atom. The van der Waals surface area contributed by atoms with E-state index in [1.807, 2.05) is 0 Å². The summed E-state index contributed by atoms with van der Waals surface area (Å²) < 4.78 is 5.51. The van der Waals surface area contributed by atoms with Gasteiger partial charge in [0.2, 0.25) is 0 Å². The fourth-order valence-corrected chi connectivity index (χ4v) is 3.94. The van der Waals surface area contributed by atoms with E-state index in [-0.39, 0.29) is 0 Å². The fraction of sp³-hybridized carbons (Fsp3) is 0.583. The molecule has 3 rings (SSSR count). The third kappa shape index (κ3) is 6.59. The quantitative estimate of drug-likeness (QED) is 0.447. The molecule has 2 aromatic rings. The number of guanidine groups is 1. The average molecular weight is 412 g/mol. The lowest BCUT2D eigenvalue weighted by atomic mass is 9.99. The number of nitrogens with zero attached hydrogens (tertiary/aromatic N) is 3. The molecule has 0 saturated carbocycles. The monoisotopic (exact) mass is 411 g/mol. The van der Waals surface area contributed by atoms with Crippen LogP contribution in [0, 0.1) is 0 Å². The second kappa shape index (κ2) is 11.7. The van der Waals surface area contributed by atoms with Crippen molar-refractivity contribution in [1.29, 1.82) is 0 Å². The van der Waals surface area contributed by atoms with Gasteiger partial charge in [0.15, 0.2) is 11.7 Å². The Kier molecular flexibility index (Phi) is 8.75. The minimum absolute atomic E-state index is 0.470. The number of nitrogens with one attached hydrogen (secondary N) is 2. The zero-order chi connectivity index (χ0) is 21.2. The van der Waals surface area contributed by atoms with Crippen LogP contribution in [0.5, 0.6) is 0 Å². The van der Waals surface area contributed by atoms with E-state index < -0.39 is 0 Å². The Labute approximate surface area is 181 Å². The third-order valence-electron chi connectivity index (χ3n) is 5.80. The Morgan fingerprint density at radius 2 is 1.77 bits per heavy atom. The van der Waals surface area contributed by atoms with Crippen molar-refractivity contribution >= 4 is 5.96 Å². The topological polar surface area (TPSA) is 65.7 Å². The largest absolute Gasteiger partial charge is 0.359 e. The zero-order valence-electron chi connectivity index (χ0n) is 18.8. The minimum Gasteiger partial charge on any atom is -0.359 e. The maximum absolute atomic E-state index is 5.51. The third-order valence-corrected chi connectivity index (χ3v) is 5.80. The molecule has 164 valence electrons. The molecule has 1 aromatic heterocycles. The van der Waals surface area contributed by atoms with E-state index in [1.165, 1.54) is 37.1 Å². The summed E-state index contributed by atoms with van der Waals surface area (Å²) in [6.45, 7) is 12.0. The SMILES string of the molecule is CCNC(=NCc1ccc(CN2CCCC2)cc1)NCc1cc(C(CC)CC)no1. The van der Waals surface area contributed by atoms with Crippen molar-refractivity contribution in [3.8, 4) is 0 Å². The maximum Gasteiger partial charge on any atom is 0.191 e. The van der Waals surface area contributed by atoms with Gasteiger partial charge in [0.25, 0.3) is 0 Å². The Morgan fingerprint density at radius 1 is 1.07 bits per heavy atom. The van der Waals surface area contributed by atoms with Crippen molar-refractivity contribution in [1.82, 2.24) is 20.7 Å². The van der Waals surface area contributed by atoms with Crippen LogP contribution in [0.3, 0.4) is 0 Å². The number of aromatic nitrogens is 1. The summed E-state index contributed by atoms with van der Waals surface area (Å²) >= 11 is 0. The molecule has 6 heteroatoms. The van der Waals surface area contributed by atoms with E-state index >= 15 is 0 Å². The number of hydrogen-bond donors (Lipinski definition) is 2. The summed E-state index contributed by atoms with van der Waals surface area (Å²) in [5.41, 5.74) is 3.65. The smallest absolute Gasteiger partial charge is 0.191 e. The summed E-state index contributed by atoms with van der Waals surface area (Å²) in [6, 6.07) is 10.9. The number of aliphatic imine (C=N–C) groups is 1. The number of benzene rings is 1. The molecule has 0 aliphatic carbocycles. The van der Waals surface area contributed by atoms with Crippen LogP contribution in [0.1, 0.15) is 75.0 Å². The molecule has 0 spiro atoms. The van der Waals surface area contributed by atoms with Crippen molar-refractivity contribution in [2.75, 3.05) is 19.6 Å². The molecular formula is C24H37N5O. The first-order chi connectivity index (χ1) is 14.7. The van der Waals surface area contributed by atoms with Crippen molar-refractivity contribution in [3.63, 3.8) is 0 Å². The van der Waals surface area contributed by atoms with Gasteiger partial charge in [0.1, 0.15) is 0 Å². The Hall–Kier alpha value is -2.34. The first-order valence-electron chi connectivity index (χ1n) is 11.5. The lowest BCUT2D eigenvalue weighted by Gasteiger charge is -2.14. The fourth-order valence-electron chi connectivity index (χ4n) is 3.94. The predicted octanol–water partition coefficient (Wildman–Crippen LogP) is 4.43. The van der Waals surface area contributed by atoms with Crippen molar-refractivity contribution in [2.45, 2.75) is 72.0 Å². The Balaban J connectivity index is 1.52. The van der Waals surface area contributed by atoms with E-state index in [9.17, 15) is 0 Å². The van der Waals surface area contributed by atoms with Gasteiger partial charge in [-0.1, -0.05) is 43.3 Å². The number of rotatable bonds is 10. The lowest BCUT2D eigenvalue weighted by molar-refractivity contribution is 0.331. The van der Waals surface area contributed by atoms with Crippen LogP contribution < -0.4 is 10.6 Å². The standard InChI is InChI=1S/C24H37N5O/c1-4-21(5-2)23-15-22(30-28-23)17-27-24(25-6-3)26-16-19-9-11-20(12-10-19)18-29-13-7-8-14-29/h9-12,15,21H,4-8,13-14,16-18H2,1-3H3,(H2,25,26,27). The van der Waals surface area contributed by atoms with Gasteiger partial charge in [-0.25, -0.2) is 4.99 Å². The van der Waals surface area contributed by atoms with Gasteiger partial charge in [0.05, 0.1) is 18.8 Å². The van der Waals surface area contributed by atoms with E-state index in [2.05, 4.69) is 71.8 Å². The van der Waals surface area contributed by atoms with Crippen LogP contribution in [0.15, 0.2) is 39.8 Å².